The first kappa shape index (κ1) is 12.7. The third-order valence-corrected chi connectivity index (χ3v) is 4.71. The minimum Gasteiger partial charge on any atom is -0.197 e. The number of rotatable bonds is 2. The Hall–Kier alpha value is -1.34. The van der Waals surface area contributed by atoms with Crippen LogP contribution in [0, 0.1) is 14.9 Å². The van der Waals surface area contributed by atoms with Gasteiger partial charge in [0, 0.05) is 3.57 Å². The van der Waals surface area contributed by atoms with Crippen LogP contribution in [0.25, 0.3) is 0 Å². The summed E-state index contributed by atoms with van der Waals surface area (Å²) < 4.78 is 1.24. The van der Waals surface area contributed by atoms with Crippen LogP contribution in [0.4, 0.5) is 0 Å². The maximum absolute atomic E-state index is 9.73. The highest BCUT2D eigenvalue weighted by molar-refractivity contribution is 14.1. The Morgan fingerprint density at radius 1 is 1.11 bits per heavy atom. The fraction of sp³-hybridized carbons (Fsp3) is 0.235. The van der Waals surface area contributed by atoms with E-state index in [4.69, 9.17) is 0 Å². The summed E-state index contributed by atoms with van der Waals surface area (Å²) in [7, 11) is 0. The van der Waals surface area contributed by atoms with E-state index in [0.717, 1.165) is 19.3 Å². The van der Waals surface area contributed by atoms with Crippen molar-refractivity contribution in [2.75, 3.05) is 0 Å². The largest absolute Gasteiger partial charge is 0.197 e. The van der Waals surface area contributed by atoms with E-state index >= 15 is 0 Å². The van der Waals surface area contributed by atoms with Crippen molar-refractivity contribution in [3.05, 3.63) is 68.8 Å². The lowest BCUT2D eigenvalue weighted by Gasteiger charge is -2.22. The molecule has 0 saturated carbocycles. The molecule has 1 atom stereocenters. The molecule has 0 fully saturated rings. The second-order valence-corrected chi connectivity index (χ2v) is 6.40. The Bertz CT molecular complexity index is 639. The molecule has 0 aromatic heterocycles. The van der Waals surface area contributed by atoms with Gasteiger partial charge >= 0.3 is 0 Å². The second-order valence-electron chi connectivity index (χ2n) is 5.15. The van der Waals surface area contributed by atoms with Gasteiger partial charge in [0.25, 0.3) is 0 Å². The summed E-state index contributed by atoms with van der Waals surface area (Å²) in [4.78, 5) is 0. The van der Waals surface area contributed by atoms with Gasteiger partial charge < -0.3 is 0 Å². The molecule has 1 aliphatic carbocycles. The molecule has 2 heteroatoms. The maximum atomic E-state index is 9.73. The van der Waals surface area contributed by atoms with Crippen molar-refractivity contribution in [3.63, 3.8) is 0 Å². The zero-order valence-electron chi connectivity index (χ0n) is 10.6. The van der Waals surface area contributed by atoms with Crippen LogP contribution >= 0.6 is 22.6 Å². The van der Waals surface area contributed by atoms with Crippen LogP contribution < -0.4 is 0 Å². The van der Waals surface area contributed by atoms with E-state index in [2.05, 4.69) is 71.1 Å². The van der Waals surface area contributed by atoms with Crippen molar-refractivity contribution in [1.29, 1.82) is 5.26 Å². The van der Waals surface area contributed by atoms with Crippen molar-refractivity contribution < 1.29 is 0 Å². The third-order valence-electron chi connectivity index (χ3n) is 3.99. The number of aryl methyl sites for hydroxylation is 1. The Morgan fingerprint density at radius 2 is 1.84 bits per heavy atom. The van der Waals surface area contributed by atoms with Crippen LogP contribution in [0.2, 0.25) is 0 Å². The first-order chi connectivity index (χ1) is 9.23. The number of halogens is 1. The fourth-order valence-electron chi connectivity index (χ4n) is 2.98. The van der Waals surface area contributed by atoms with Crippen LogP contribution in [-0.4, -0.2) is 0 Å². The van der Waals surface area contributed by atoms with Crippen LogP contribution in [-0.2, 0) is 18.3 Å². The standard InChI is InChI=1S/C17H14IN/c18-15-7-5-13(6-8-15)11-17(12-19)10-9-14-3-1-2-4-16(14)17/h1-8H,9-11H2. The van der Waals surface area contributed by atoms with E-state index in [-0.39, 0.29) is 5.41 Å². The number of fused-ring (bicyclic) bond motifs is 1. The number of hydrogen-bond acceptors (Lipinski definition) is 1. The number of nitriles is 1. The third kappa shape index (κ3) is 2.28. The minimum atomic E-state index is -0.330. The number of benzene rings is 2. The molecule has 2 aromatic carbocycles. The molecule has 0 aliphatic heterocycles. The van der Waals surface area contributed by atoms with Crippen molar-refractivity contribution in [2.24, 2.45) is 0 Å². The average Bonchev–Trinajstić information content (AvgIpc) is 2.81. The number of nitrogens with zero attached hydrogens (tertiary/aromatic N) is 1. The van der Waals surface area contributed by atoms with Gasteiger partial charge in [-0.2, -0.15) is 5.26 Å². The Balaban J connectivity index is 1.98. The van der Waals surface area contributed by atoms with Gasteiger partial charge in [0.1, 0.15) is 0 Å². The maximum Gasteiger partial charge on any atom is 0.0868 e. The summed E-state index contributed by atoms with van der Waals surface area (Å²) in [6, 6.07) is 19.5. The molecule has 0 bridgehead atoms. The zero-order valence-corrected chi connectivity index (χ0v) is 12.7. The predicted octanol–water partition coefficient (Wildman–Crippen LogP) is 4.24. The molecular weight excluding hydrogens is 345 g/mol. The zero-order chi connectivity index (χ0) is 13.3. The molecule has 0 heterocycles. The van der Waals surface area contributed by atoms with Gasteiger partial charge in [-0.3, -0.25) is 0 Å². The lowest BCUT2D eigenvalue weighted by Crippen LogP contribution is -2.23. The van der Waals surface area contributed by atoms with E-state index in [1.54, 1.807) is 0 Å². The molecule has 1 unspecified atom stereocenters. The van der Waals surface area contributed by atoms with Gasteiger partial charge in [-0.05, 0) is 70.7 Å². The summed E-state index contributed by atoms with van der Waals surface area (Å²) >= 11 is 2.31. The lowest BCUT2D eigenvalue weighted by atomic mass is 9.78. The van der Waals surface area contributed by atoms with E-state index in [1.165, 1.54) is 20.3 Å². The van der Waals surface area contributed by atoms with Crippen LogP contribution in [0.1, 0.15) is 23.1 Å². The molecule has 0 N–H and O–H groups in total. The minimum absolute atomic E-state index is 0.330. The molecule has 0 amide bonds. The smallest absolute Gasteiger partial charge is 0.0868 e. The van der Waals surface area contributed by atoms with E-state index < -0.39 is 0 Å². The summed E-state index contributed by atoms with van der Waals surface area (Å²) in [6.07, 6.45) is 2.78. The fourth-order valence-corrected chi connectivity index (χ4v) is 3.34. The van der Waals surface area contributed by atoms with E-state index in [9.17, 15) is 5.26 Å². The molecule has 19 heavy (non-hydrogen) atoms. The molecular formula is C17H14IN. The SMILES string of the molecule is N#CC1(Cc2ccc(I)cc2)CCc2ccccc21. The first-order valence-electron chi connectivity index (χ1n) is 6.48. The van der Waals surface area contributed by atoms with Crippen molar-refractivity contribution in [3.8, 4) is 6.07 Å². The summed E-state index contributed by atoms with van der Waals surface area (Å²) in [5.74, 6) is 0. The molecule has 0 spiro atoms. The van der Waals surface area contributed by atoms with Crippen LogP contribution in [0.3, 0.4) is 0 Å². The molecule has 94 valence electrons. The lowest BCUT2D eigenvalue weighted by molar-refractivity contribution is 0.541. The average molecular weight is 359 g/mol. The topological polar surface area (TPSA) is 23.8 Å². The summed E-state index contributed by atoms with van der Waals surface area (Å²) in [5, 5.41) is 9.73. The van der Waals surface area contributed by atoms with Gasteiger partial charge in [0.15, 0.2) is 0 Å². The van der Waals surface area contributed by atoms with E-state index in [1.807, 2.05) is 6.07 Å². The molecule has 3 rings (SSSR count). The van der Waals surface area contributed by atoms with Crippen molar-refractivity contribution >= 4 is 22.6 Å². The number of hydrogen-bond donors (Lipinski definition) is 0. The Morgan fingerprint density at radius 3 is 2.58 bits per heavy atom. The van der Waals surface area contributed by atoms with Crippen molar-refractivity contribution in [1.82, 2.24) is 0 Å². The predicted molar refractivity (Wildman–Crippen MR) is 84.9 cm³/mol. The van der Waals surface area contributed by atoms with Crippen LogP contribution in [0.5, 0.6) is 0 Å². The summed E-state index contributed by atoms with van der Waals surface area (Å²) in [5.41, 5.74) is 3.49. The quantitative estimate of drug-likeness (QED) is 0.736. The highest BCUT2D eigenvalue weighted by Crippen LogP contribution is 2.40. The van der Waals surface area contributed by atoms with E-state index in [0.29, 0.717) is 0 Å². The van der Waals surface area contributed by atoms with Gasteiger partial charge in [-0.1, -0.05) is 36.4 Å². The van der Waals surface area contributed by atoms with Gasteiger partial charge in [0.2, 0.25) is 0 Å². The van der Waals surface area contributed by atoms with Gasteiger partial charge in [-0.25, -0.2) is 0 Å². The van der Waals surface area contributed by atoms with Gasteiger partial charge in [0.05, 0.1) is 11.5 Å². The highest BCUT2D eigenvalue weighted by atomic mass is 127. The van der Waals surface area contributed by atoms with Crippen LogP contribution in [0.15, 0.2) is 48.5 Å². The summed E-state index contributed by atoms with van der Waals surface area (Å²) in [6.45, 7) is 0. The molecule has 1 aliphatic rings. The Kier molecular flexibility index (Phi) is 3.32. The molecule has 2 aromatic rings. The monoisotopic (exact) mass is 359 g/mol. The molecule has 0 saturated heterocycles. The molecule has 1 nitrogen and oxygen atoms in total. The second kappa shape index (κ2) is 4.97. The first-order valence-corrected chi connectivity index (χ1v) is 7.55. The van der Waals surface area contributed by atoms with Gasteiger partial charge in [-0.15, -0.1) is 0 Å². The molecule has 0 radical (unpaired) electrons. The van der Waals surface area contributed by atoms with Crippen molar-refractivity contribution in [2.45, 2.75) is 24.7 Å². The highest BCUT2D eigenvalue weighted by Gasteiger charge is 2.38. The normalized spacial score (nSPS) is 20.8. The Labute approximate surface area is 127 Å².